The highest BCUT2D eigenvalue weighted by atomic mass is 35.5. The highest BCUT2D eigenvalue weighted by Gasteiger charge is 2.41. The second-order valence-electron chi connectivity index (χ2n) is 9.79. The summed E-state index contributed by atoms with van der Waals surface area (Å²) < 4.78 is 58.7. The molecule has 41 heavy (non-hydrogen) atoms. The monoisotopic (exact) mass is 606 g/mol. The normalized spacial score (nSPS) is 11.6. The Hall–Kier alpha value is -3.49. The summed E-state index contributed by atoms with van der Waals surface area (Å²) in [4.78, 5) is 26.5. The number of aryl methyl sites for hydroxylation is 3. The van der Waals surface area contributed by atoms with Crippen molar-refractivity contribution in [3.05, 3.63) is 96.8 Å². The largest absolute Gasteiger partial charge is 0.453 e. The van der Waals surface area contributed by atoms with E-state index in [0.29, 0.717) is 23.4 Å². The first kappa shape index (κ1) is 30.5. The van der Waals surface area contributed by atoms with Crippen LogP contribution in [-0.4, -0.2) is 5.97 Å². The van der Waals surface area contributed by atoms with Crippen LogP contribution >= 0.6 is 23.2 Å². The van der Waals surface area contributed by atoms with Gasteiger partial charge in [0.25, 0.3) is 5.76 Å². The number of alkyl halides is 3. The van der Waals surface area contributed by atoms with Crippen molar-refractivity contribution in [3.63, 3.8) is 0 Å². The first-order chi connectivity index (χ1) is 19.4. The highest BCUT2D eigenvalue weighted by Crippen LogP contribution is 2.40. The second-order valence-corrected chi connectivity index (χ2v) is 10.6. The van der Waals surface area contributed by atoms with E-state index in [1.807, 2.05) is 6.07 Å². The van der Waals surface area contributed by atoms with E-state index in [1.165, 1.54) is 36.4 Å². The van der Waals surface area contributed by atoms with E-state index in [2.05, 4.69) is 6.92 Å². The van der Waals surface area contributed by atoms with Crippen LogP contribution in [0.3, 0.4) is 0 Å². The third kappa shape index (κ3) is 7.24. The lowest BCUT2D eigenvalue weighted by molar-refractivity contribution is -0.154. The Bertz CT molecular complexity index is 1640. The topological polar surface area (TPSA) is 65.7 Å². The summed E-state index contributed by atoms with van der Waals surface area (Å²) in [5.74, 6) is -3.37. The average Bonchev–Trinajstić information content (AvgIpc) is 2.87. The van der Waals surface area contributed by atoms with E-state index < -0.39 is 34.7 Å². The molecule has 5 nitrogen and oxygen atoms in total. The summed E-state index contributed by atoms with van der Waals surface area (Å²) >= 11 is 12.1. The number of benzene rings is 3. The molecule has 0 aliphatic heterocycles. The van der Waals surface area contributed by atoms with Crippen LogP contribution in [0.15, 0.2) is 57.7 Å². The van der Waals surface area contributed by atoms with Gasteiger partial charge in [-0.25, -0.2) is 4.79 Å². The van der Waals surface area contributed by atoms with Crippen LogP contribution in [0.25, 0.3) is 11.0 Å². The first-order valence-electron chi connectivity index (χ1n) is 13.0. The molecule has 0 N–H and O–H groups in total. The number of hydrogen-bond donors (Lipinski definition) is 0. The van der Waals surface area contributed by atoms with Crippen LogP contribution in [0.2, 0.25) is 10.0 Å². The third-order valence-electron chi connectivity index (χ3n) is 6.36. The Morgan fingerprint density at radius 3 is 2.29 bits per heavy atom. The van der Waals surface area contributed by atoms with E-state index >= 15 is 0 Å². The van der Waals surface area contributed by atoms with Crippen molar-refractivity contribution in [2.45, 2.75) is 59.1 Å². The molecule has 0 amide bonds. The molecule has 0 saturated heterocycles. The van der Waals surface area contributed by atoms with Crippen molar-refractivity contribution in [2.75, 3.05) is 0 Å². The molecular weight excluding hydrogens is 580 g/mol. The molecule has 216 valence electrons. The fraction of sp³-hybridized carbons (Fsp3) is 0.290. The Morgan fingerprint density at radius 2 is 1.66 bits per heavy atom. The molecule has 1 aromatic heterocycles. The van der Waals surface area contributed by atoms with Gasteiger partial charge in [-0.05, 0) is 79.8 Å². The molecule has 4 rings (SSSR count). The lowest BCUT2D eigenvalue weighted by Gasteiger charge is -2.16. The van der Waals surface area contributed by atoms with Crippen LogP contribution in [0, 0.1) is 13.8 Å². The average molecular weight is 607 g/mol. The van der Waals surface area contributed by atoms with Crippen molar-refractivity contribution < 1.29 is 31.9 Å². The predicted molar refractivity (Wildman–Crippen MR) is 153 cm³/mol. The number of rotatable bonds is 9. The van der Waals surface area contributed by atoms with E-state index in [0.717, 1.165) is 36.5 Å². The van der Waals surface area contributed by atoms with Crippen LogP contribution in [0.5, 0.6) is 17.2 Å². The highest BCUT2D eigenvalue weighted by molar-refractivity contribution is 6.36. The van der Waals surface area contributed by atoms with E-state index in [4.69, 9.17) is 37.1 Å². The van der Waals surface area contributed by atoms with E-state index in [1.54, 1.807) is 13.8 Å². The molecule has 0 unspecified atom stereocenters. The molecule has 0 fully saturated rings. The van der Waals surface area contributed by atoms with Gasteiger partial charge in [-0.1, -0.05) is 55.5 Å². The van der Waals surface area contributed by atoms with Gasteiger partial charge < -0.3 is 13.9 Å². The molecule has 3 aromatic carbocycles. The Labute approximate surface area is 244 Å². The smallest absolute Gasteiger partial charge is 0.449 e. The van der Waals surface area contributed by atoms with Gasteiger partial charge in [-0.15, -0.1) is 0 Å². The minimum absolute atomic E-state index is 0.0164. The van der Waals surface area contributed by atoms with Gasteiger partial charge >= 0.3 is 12.1 Å². The molecule has 0 saturated carbocycles. The third-order valence-corrected chi connectivity index (χ3v) is 6.91. The van der Waals surface area contributed by atoms with Crippen molar-refractivity contribution in [3.8, 4) is 17.2 Å². The Morgan fingerprint density at radius 1 is 0.951 bits per heavy atom. The zero-order valence-electron chi connectivity index (χ0n) is 22.6. The van der Waals surface area contributed by atoms with Crippen LogP contribution in [0.1, 0.15) is 65.4 Å². The maximum atomic E-state index is 14.1. The minimum atomic E-state index is -5.05. The zero-order valence-corrected chi connectivity index (χ0v) is 24.1. The summed E-state index contributed by atoms with van der Waals surface area (Å²) in [5.41, 5.74) is 0.573. The lowest BCUT2D eigenvalue weighted by atomic mass is 10.0. The zero-order chi connectivity index (χ0) is 29.9. The molecule has 4 aromatic rings. The van der Waals surface area contributed by atoms with Gasteiger partial charge in [0.2, 0.25) is 11.2 Å². The van der Waals surface area contributed by atoms with Crippen molar-refractivity contribution in [1.29, 1.82) is 0 Å². The SMILES string of the molecule is CCCCCCc1cc2c(=O)c(Oc3cc(C)cc(C)c3)c(C(F)(F)F)oc2cc1OC(=O)c1ccc(Cl)cc1Cl. The molecule has 0 spiro atoms. The summed E-state index contributed by atoms with van der Waals surface area (Å²) in [7, 11) is 0. The minimum Gasteiger partial charge on any atom is -0.449 e. The second kappa shape index (κ2) is 12.6. The number of esters is 1. The molecular formula is C31H27Cl2F3O5. The number of unbranched alkanes of at least 4 members (excludes halogenated alkanes) is 3. The van der Waals surface area contributed by atoms with Gasteiger partial charge in [0.15, 0.2) is 0 Å². The van der Waals surface area contributed by atoms with Crippen molar-refractivity contribution >= 4 is 40.1 Å². The Balaban J connectivity index is 1.85. The number of carbonyl (C=O) groups excluding carboxylic acids is 1. The molecule has 0 aliphatic carbocycles. The molecule has 1 heterocycles. The molecule has 0 aliphatic rings. The quantitative estimate of drug-likeness (QED) is 0.108. The number of ether oxygens (including phenoxy) is 2. The molecule has 10 heteroatoms. The molecule has 0 atom stereocenters. The summed E-state index contributed by atoms with van der Waals surface area (Å²) in [6.07, 6.45) is -1.13. The standard InChI is InChI=1S/C31H27Cl2F3O5/c1-4-5-6-7-8-19-14-23-26(16-25(19)41-30(38)22-10-9-20(32)15-24(22)33)40-29(31(34,35)36)28(27(23)37)39-21-12-17(2)11-18(3)13-21/h9-16H,4-8H2,1-3H3. The maximum Gasteiger partial charge on any atom is 0.453 e. The van der Waals surface area contributed by atoms with Gasteiger partial charge in [0.05, 0.1) is 16.0 Å². The van der Waals surface area contributed by atoms with Crippen LogP contribution in [-0.2, 0) is 12.6 Å². The summed E-state index contributed by atoms with van der Waals surface area (Å²) in [6, 6.07) is 11.6. The van der Waals surface area contributed by atoms with Gasteiger partial charge in [0.1, 0.15) is 17.1 Å². The van der Waals surface area contributed by atoms with Crippen molar-refractivity contribution in [1.82, 2.24) is 0 Å². The predicted octanol–water partition coefficient (Wildman–Crippen LogP) is 9.87. The van der Waals surface area contributed by atoms with Gasteiger partial charge in [-0.3, -0.25) is 4.79 Å². The molecule has 0 radical (unpaired) electrons. The molecule has 0 bridgehead atoms. The lowest BCUT2D eigenvalue weighted by Crippen LogP contribution is -2.16. The van der Waals surface area contributed by atoms with Crippen LogP contribution in [0.4, 0.5) is 13.2 Å². The fourth-order valence-corrected chi connectivity index (χ4v) is 4.97. The van der Waals surface area contributed by atoms with E-state index in [9.17, 15) is 22.8 Å². The van der Waals surface area contributed by atoms with Crippen molar-refractivity contribution in [2.24, 2.45) is 0 Å². The van der Waals surface area contributed by atoms with Crippen LogP contribution < -0.4 is 14.9 Å². The number of halogens is 5. The number of carbonyl (C=O) groups is 1. The fourth-order valence-electron chi connectivity index (χ4n) is 4.48. The summed E-state index contributed by atoms with van der Waals surface area (Å²) in [5, 5.41) is 0.230. The summed E-state index contributed by atoms with van der Waals surface area (Å²) in [6.45, 7) is 5.58. The van der Waals surface area contributed by atoms with E-state index in [-0.39, 0.29) is 27.5 Å². The number of fused-ring (bicyclic) bond motifs is 1. The Kier molecular flexibility index (Phi) is 9.34. The maximum absolute atomic E-state index is 14.1. The van der Waals surface area contributed by atoms with Gasteiger partial charge in [-0.2, -0.15) is 13.2 Å². The van der Waals surface area contributed by atoms with Gasteiger partial charge in [0, 0.05) is 11.1 Å². The first-order valence-corrected chi connectivity index (χ1v) is 13.8. The number of hydrogen-bond acceptors (Lipinski definition) is 5.